The Balaban J connectivity index is 2.82. The SMILES string of the molecule is COC(=O)C[C@@H]1CCN(C(=O)OC(C)(C)C)C[C@H]1NC(=O)OC(C)(C)C. The van der Waals surface area contributed by atoms with E-state index in [9.17, 15) is 14.4 Å². The van der Waals surface area contributed by atoms with Crippen LogP contribution in [0.25, 0.3) is 0 Å². The van der Waals surface area contributed by atoms with E-state index in [1.807, 2.05) is 0 Å². The predicted molar refractivity (Wildman–Crippen MR) is 95.7 cm³/mol. The van der Waals surface area contributed by atoms with E-state index >= 15 is 0 Å². The van der Waals surface area contributed by atoms with Gasteiger partial charge in [0.1, 0.15) is 11.2 Å². The lowest BCUT2D eigenvalue weighted by Crippen LogP contribution is -2.55. The van der Waals surface area contributed by atoms with Crippen LogP contribution in [-0.2, 0) is 19.0 Å². The second kappa shape index (κ2) is 8.60. The van der Waals surface area contributed by atoms with E-state index in [-0.39, 0.29) is 24.9 Å². The molecule has 0 saturated carbocycles. The molecule has 2 amide bonds. The van der Waals surface area contributed by atoms with E-state index in [0.29, 0.717) is 13.0 Å². The third-order valence-electron chi connectivity index (χ3n) is 3.77. The summed E-state index contributed by atoms with van der Waals surface area (Å²) < 4.78 is 15.4. The molecule has 0 unspecified atom stereocenters. The molecule has 0 aromatic carbocycles. The van der Waals surface area contributed by atoms with Gasteiger partial charge in [-0.15, -0.1) is 0 Å². The summed E-state index contributed by atoms with van der Waals surface area (Å²) in [5, 5.41) is 2.78. The van der Waals surface area contributed by atoms with Gasteiger partial charge < -0.3 is 24.4 Å². The molecular formula is C18H32N2O6. The Morgan fingerprint density at radius 2 is 1.62 bits per heavy atom. The molecule has 1 rings (SSSR count). The van der Waals surface area contributed by atoms with Crippen molar-refractivity contribution >= 4 is 18.2 Å². The molecule has 1 aliphatic heterocycles. The molecular weight excluding hydrogens is 340 g/mol. The number of carbonyl (C=O) groups excluding carboxylic acids is 3. The third kappa shape index (κ3) is 7.93. The number of carbonyl (C=O) groups is 3. The van der Waals surface area contributed by atoms with Crippen molar-refractivity contribution in [2.75, 3.05) is 20.2 Å². The molecule has 8 heteroatoms. The fourth-order valence-electron chi connectivity index (χ4n) is 2.66. The first-order valence-corrected chi connectivity index (χ1v) is 8.85. The quantitative estimate of drug-likeness (QED) is 0.605. The summed E-state index contributed by atoms with van der Waals surface area (Å²) in [7, 11) is 1.33. The minimum Gasteiger partial charge on any atom is -0.469 e. The van der Waals surface area contributed by atoms with Crippen LogP contribution in [0, 0.1) is 5.92 Å². The van der Waals surface area contributed by atoms with Gasteiger partial charge in [-0.1, -0.05) is 0 Å². The predicted octanol–water partition coefficient (Wildman–Crippen LogP) is 2.70. The molecule has 1 heterocycles. The number of ether oxygens (including phenoxy) is 3. The normalized spacial score (nSPS) is 21.0. The van der Waals surface area contributed by atoms with Crippen molar-refractivity contribution in [3.63, 3.8) is 0 Å². The number of esters is 1. The highest BCUT2D eigenvalue weighted by molar-refractivity contribution is 5.72. The molecule has 0 aromatic rings. The molecule has 8 nitrogen and oxygen atoms in total. The van der Waals surface area contributed by atoms with Gasteiger partial charge in [0, 0.05) is 13.1 Å². The second-order valence-corrected chi connectivity index (χ2v) is 8.51. The van der Waals surface area contributed by atoms with Gasteiger partial charge in [0.05, 0.1) is 19.6 Å². The number of alkyl carbamates (subject to hydrolysis) is 1. The van der Waals surface area contributed by atoms with Crippen molar-refractivity contribution in [1.82, 2.24) is 10.2 Å². The summed E-state index contributed by atoms with van der Waals surface area (Å²) in [5.74, 6) is -0.495. The van der Waals surface area contributed by atoms with Gasteiger partial charge in [-0.3, -0.25) is 4.79 Å². The first kappa shape index (κ1) is 22.1. The maximum absolute atomic E-state index is 12.3. The van der Waals surface area contributed by atoms with Gasteiger partial charge in [0.15, 0.2) is 0 Å². The van der Waals surface area contributed by atoms with Crippen molar-refractivity contribution in [2.45, 2.75) is 71.6 Å². The molecule has 0 aliphatic carbocycles. The van der Waals surface area contributed by atoms with Crippen LogP contribution in [0.2, 0.25) is 0 Å². The Morgan fingerprint density at radius 1 is 1.04 bits per heavy atom. The molecule has 1 aliphatic rings. The van der Waals surface area contributed by atoms with Gasteiger partial charge in [-0.05, 0) is 53.9 Å². The number of hydrogen-bond donors (Lipinski definition) is 1. The van der Waals surface area contributed by atoms with Crippen molar-refractivity contribution < 1.29 is 28.6 Å². The fraction of sp³-hybridized carbons (Fsp3) is 0.833. The minimum atomic E-state index is -0.637. The van der Waals surface area contributed by atoms with Gasteiger partial charge >= 0.3 is 18.2 Å². The zero-order valence-electron chi connectivity index (χ0n) is 16.9. The summed E-state index contributed by atoms with van der Waals surface area (Å²) in [4.78, 5) is 37.7. The smallest absolute Gasteiger partial charge is 0.410 e. The molecule has 150 valence electrons. The van der Waals surface area contributed by atoms with Gasteiger partial charge in [0.25, 0.3) is 0 Å². The van der Waals surface area contributed by atoms with Crippen LogP contribution in [0.4, 0.5) is 9.59 Å². The number of likely N-dealkylation sites (tertiary alicyclic amines) is 1. The van der Waals surface area contributed by atoms with Crippen LogP contribution in [0.1, 0.15) is 54.4 Å². The number of piperidine rings is 1. The zero-order valence-corrected chi connectivity index (χ0v) is 16.9. The number of nitrogens with zero attached hydrogens (tertiary/aromatic N) is 1. The topological polar surface area (TPSA) is 94.2 Å². The van der Waals surface area contributed by atoms with Gasteiger partial charge in [0.2, 0.25) is 0 Å². The number of methoxy groups -OCH3 is 1. The number of rotatable bonds is 3. The van der Waals surface area contributed by atoms with E-state index in [1.165, 1.54) is 7.11 Å². The molecule has 0 aromatic heterocycles. The average molecular weight is 372 g/mol. The molecule has 1 fully saturated rings. The number of nitrogens with one attached hydrogen (secondary N) is 1. The Hall–Kier alpha value is -1.99. The van der Waals surface area contributed by atoms with E-state index in [1.54, 1.807) is 46.4 Å². The van der Waals surface area contributed by atoms with Gasteiger partial charge in [-0.25, -0.2) is 9.59 Å². The first-order chi connectivity index (χ1) is 11.8. The van der Waals surface area contributed by atoms with E-state index in [2.05, 4.69) is 5.32 Å². The Morgan fingerprint density at radius 3 is 2.12 bits per heavy atom. The lowest BCUT2D eigenvalue weighted by molar-refractivity contribution is -0.142. The lowest BCUT2D eigenvalue weighted by Gasteiger charge is -2.39. The van der Waals surface area contributed by atoms with Crippen molar-refractivity contribution in [3.8, 4) is 0 Å². The second-order valence-electron chi connectivity index (χ2n) is 8.51. The molecule has 1 saturated heterocycles. The third-order valence-corrected chi connectivity index (χ3v) is 3.77. The minimum absolute atomic E-state index is 0.145. The summed E-state index contributed by atoms with van der Waals surface area (Å²) in [6.45, 7) is 11.4. The highest BCUT2D eigenvalue weighted by atomic mass is 16.6. The number of amides is 2. The highest BCUT2D eigenvalue weighted by Crippen LogP contribution is 2.24. The Bertz CT molecular complexity index is 521. The number of hydrogen-bond acceptors (Lipinski definition) is 6. The molecule has 26 heavy (non-hydrogen) atoms. The maximum Gasteiger partial charge on any atom is 0.410 e. The van der Waals surface area contributed by atoms with Crippen molar-refractivity contribution in [2.24, 2.45) is 5.92 Å². The summed E-state index contributed by atoms with van der Waals surface area (Å²) in [6.07, 6.45) is -0.304. The van der Waals surface area contributed by atoms with E-state index in [4.69, 9.17) is 14.2 Å². The fourth-order valence-corrected chi connectivity index (χ4v) is 2.66. The summed E-state index contributed by atoms with van der Waals surface area (Å²) in [5.41, 5.74) is -1.24. The summed E-state index contributed by atoms with van der Waals surface area (Å²) in [6, 6.07) is -0.426. The van der Waals surface area contributed by atoms with Crippen LogP contribution < -0.4 is 5.32 Å². The standard InChI is InChI=1S/C18H32N2O6/c1-17(2,3)25-15(22)19-13-11-20(16(23)26-18(4,5)6)9-8-12(13)10-14(21)24-7/h12-13H,8-11H2,1-7H3,(H,19,22)/t12-,13+/m0/s1. The largest absolute Gasteiger partial charge is 0.469 e. The van der Waals surface area contributed by atoms with Gasteiger partial charge in [-0.2, -0.15) is 0 Å². The molecule has 0 bridgehead atoms. The Kier molecular flexibility index (Phi) is 7.29. The van der Waals surface area contributed by atoms with Crippen LogP contribution in [-0.4, -0.2) is 60.5 Å². The van der Waals surface area contributed by atoms with Crippen molar-refractivity contribution in [3.05, 3.63) is 0 Å². The lowest BCUT2D eigenvalue weighted by atomic mass is 9.89. The summed E-state index contributed by atoms with van der Waals surface area (Å²) >= 11 is 0. The van der Waals surface area contributed by atoms with Crippen LogP contribution in [0.15, 0.2) is 0 Å². The van der Waals surface area contributed by atoms with E-state index < -0.39 is 29.4 Å². The molecule has 1 N–H and O–H groups in total. The molecule has 0 radical (unpaired) electrons. The van der Waals surface area contributed by atoms with Crippen LogP contribution in [0.5, 0.6) is 0 Å². The molecule has 2 atom stereocenters. The van der Waals surface area contributed by atoms with E-state index in [0.717, 1.165) is 0 Å². The first-order valence-electron chi connectivity index (χ1n) is 8.85. The zero-order chi connectivity index (χ0) is 20.1. The monoisotopic (exact) mass is 372 g/mol. The highest BCUT2D eigenvalue weighted by Gasteiger charge is 2.36. The molecule has 0 spiro atoms. The van der Waals surface area contributed by atoms with Crippen molar-refractivity contribution in [1.29, 1.82) is 0 Å². The Labute approximate surface area is 155 Å². The van der Waals surface area contributed by atoms with Crippen LogP contribution in [0.3, 0.4) is 0 Å². The average Bonchev–Trinajstić information content (AvgIpc) is 2.44. The van der Waals surface area contributed by atoms with Crippen LogP contribution >= 0.6 is 0 Å². The maximum atomic E-state index is 12.3.